The predicted octanol–water partition coefficient (Wildman–Crippen LogP) is 9.19. The maximum atomic E-state index is 13.0. The van der Waals surface area contributed by atoms with E-state index in [0.717, 1.165) is 54.7 Å². The minimum Gasteiger partial charge on any atom is -0.507 e. The number of methoxy groups -OCH3 is 3. The number of aliphatic hydroxyl groups excluding tert-OH is 2. The molecule has 0 radical (unpaired) electrons. The van der Waals surface area contributed by atoms with Crippen molar-refractivity contribution in [2.75, 3.05) is 21.3 Å². The molecule has 464 valence electrons. The number of carboxylic acid groups (broad SMARTS) is 1. The van der Waals surface area contributed by atoms with Gasteiger partial charge in [-0.25, -0.2) is 19.2 Å². The molecule has 19 heteroatoms. The van der Waals surface area contributed by atoms with Crippen molar-refractivity contribution >= 4 is 52.7 Å². The van der Waals surface area contributed by atoms with Crippen molar-refractivity contribution in [3.8, 4) is 0 Å². The van der Waals surface area contributed by atoms with Gasteiger partial charge in [-0.1, -0.05) is 182 Å². The van der Waals surface area contributed by atoms with Gasteiger partial charge in [0.1, 0.15) is 11.5 Å². The quantitative estimate of drug-likeness (QED) is 0.0170. The normalized spacial score (nSPS) is 10.7. The first-order chi connectivity index (χ1) is 43.8. The number of carbonyl (C=O) groups is 7. The second-order valence-electron chi connectivity index (χ2n) is 20.2. The van der Waals surface area contributed by atoms with Crippen LogP contribution in [0.5, 0.6) is 0 Å². The molecule has 0 aliphatic rings. The minimum atomic E-state index is -1.71. The molecule has 9 aromatic rings. The molecule has 3 N–H and O–H groups in total. The number of carbonyl (C=O) groups excluding carboxylic acids is 6. The first-order valence-electron chi connectivity index (χ1n) is 28.1. The Morgan fingerprint density at radius 3 is 0.868 bits per heavy atom. The molecule has 6 aromatic carbocycles. The number of aromatic nitrogens is 3. The van der Waals surface area contributed by atoms with E-state index in [-0.39, 0.29) is 27.9 Å². The zero-order chi connectivity index (χ0) is 65.8. The van der Waals surface area contributed by atoms with Crippen LogP contribution in [0.2, 0.25) is 0 Å². The van der Waals surface area contributed by atoms with Crippen LogP contribution >= 0.6 is 0 Å². The second-order valence-corrected chi connectivity index (χ2v) is 20.2. The number of nitrogens with zero attached hydrogens (tertiary/aromatic N) is 3. The van der Waals surface area contributed by atoms with E-state index in [2.05, 4.69) is 14.2 Å². The lowest BCUT2D eigenvalue weighted by Crippen LogP contribution is -2.21. The van der Waals surface area contributed by atoms with Crippen LogP contribution in [0.4, 0.5) is 0 Å². The largest absolute Gasteiger partial charge is 0.507 e. The summed E-state index contributed by atoms with van der Waals surface area (Å²) < 4.78 is 17.8. The zero-order valence-electron chi connectivity index (χ0n) is 50.2. The molecule has 0 spiro atoms. The summed E-state index contributed by atoms with van der Waals surface area (Å²) in [5.74, 6) is -8.57. The van der Waals surface area contributed by atoms with Crippen molar-refractivity contribution in [1.82, 2.24) is 13.7 Å². The third kappa shape index (κ3) is 21.2. The summed E-state index contributed by atoms with van der Waals surface area (Å²) in [6, 6.07) is 57.8. The van der Waals surface area contributed by atoms with Crippen molar-refractivity contribution in [3.05, 3.63) is 329 Å². The van der Waals surface area contributed by atoms with Gasteiger partial charge < -0.3 is 43.2 Å². The van der Waals surface area contributed by atoms with Crippen molar-refractivity contribution < 1.29 is 63.1 Å². The number of benzene rings is 6. The van der Waals surface area contributed by atoms with Crippen molar-refractivity contribution in [1.29, 1.82) is 0 Å². The third-order valence-corrected chi connectivity index (χ3v) is 13.4. The smallest absolute Gasteiger partial charge is 0.417 e. The standard InChI is InChI=1S/C24H21NO5.C23H19NO5.C21H19NO2.C4H6O4/c1-30-24(29)22(27)13-21(26)20-16-25(14-18-10-6-3-7-11-18)15-19(23(20)28)12-17-8-4-2-5-9-17;25-20(12-21(26)23(28)29)19-15-24(13-17-9-5-2-6-10-17)14-18(22(19)27)11-16-7-3-1-4-8-16;1-16(23)20-15-22(13-18-10-6-3-7-11-18)14-19(21(20)24)12-17-8-4-2-5-9-17;1-7-3(5)4(6)8-2/h2-11,13,15-16,26H,12,14H2,1H3;1-10,12,14-15,25H,11,13H2,(H,28,29);2-11,14-15H,12-13H2,1H3;1-2H3. The number of aliphatic carboxylic acids is 1. The fraction of sp³-hybridized carbons (Fsp3) is 0.139. The Bertz CT molecular complexity index is 4220. The van der Waals surface area contributed by atoms with E-state index in [1.807, 2.05) is 193 Å². The number of ether oxygens (including phenoxy) is 3. The van der Waals surface area contributed by atoms with Gasteiger partial charge in [0.05, 0.1) is 38.0 Å². The van der Waals surface area contributed by atoms with Crippen molar-refractivity contribution in [2.24, 2.45) is 0 Å². The highest BCUT2D eigenvalue weighted by atomic mass is 16.6. The number of Topliss-reactive ketones (excluding diaryl/α,β-unsaturated/α-hetero) is 1. The van der Waals surface area contributed by atoms with Crippen LogP contribution < -0.4 is 16.3 Å². The van der Waals surface area contributed by atoms with Gasteiger partial charge in [0.15, 0.2) is 22.1 Å². The number of aliphatic hydroxyl groups is 2. The number of pyridine rings is 3. The van der Waals surface area contributed by atoms with Gasteiger partial charge in [-0.3, -0.25) is 28.8 Å². The van der Waals surface area contributed by atoms with E-state index in [1.165, 1.54) is 19.3 Å². The number of rotatable bonds is 19. The number of hydrogen-bond donors (Lipinski definition) is 3. The Morgan fingerprint density at radius 2 is 0.604 bits per heavy atom. The van der Waals surface area contributed by atoms with E-state index in [1.54, 1.807) is 27.7 Å². The maximum absolute atomic E-state index is 13.0. The van der Waals surface area contributed by atoms with Crippen LogP contribution in [0.1, 0.15) is 78.5 Å². The minimum absolute atomic E-state index is 0.0587. The van der Waals surface area contributed by atoms with Crippen molar-refractivity contribution in [3.63, 3.8) is 0 Å². The number of esters is 3. The summed E-state index contributed by atoms with van der Waals surface area (Å²) >= 11 is 0. The topological polar surface area (TPSA) is 274 Å². The van der Waals surface area contributed by atoms with E-state index in [4.69, 9.17) is 5.11 Å². The van der Waals surface area contributed by atoms with Crippen LogP contribution in [0.25, 0.3) is 11.5 Å². The van der Waals surface area contributed by atoms with Gasteiger partial charge in [-0.05, 0) is 40.3 Å². The first-order valence-corrected chi connectivity index (χ1v) is 28.1. The molecule has 0 atom stereocenters. The summed E-state index contributed by atoms with van der Waals surface area (Å²) in [7, 11) is 3.29. The van der Waals surface area contributed by atoms with Gasteiger partial charge in [-0.15, -0.1) is 0 Å². The van der Waals surface area contributed by atoms with Crippen LogP contribution in [-0.4, -0.2) is 91.6 Å². The zero-order valence-corrected chi connectivity index (χ0v) is 50.2. The van der Waals surface area contributed by atoms with Gasteiger partial charge >= 0.3 is 23.9 Å². The number of hydrogen-bond acceptors (Lipinski definition) is 15. The van der Waals surface area contributed by atoms with Crippen LogP contribution in [-0.2, 0) is 81.9 Å². The van der Waals surface area contributed by atoms with Gasteiger partial charge in [0.25, 0.3) is 11.6 Å². The highest BCUT2D eigenvalue weighted by Crippen LogP contribution is 2.17. The Morgan fingerprint density at radius 1 is 0.352 bits per heavy atom. The highest BCUT2D eigenvalue weighted by Gasteiger charge is 2.20. The summed E-state index contributed by atoms with van der Waals surface area (Å²) in [6.07, 6.45) is 12.3. The summed E-state index contributed by atoms with van der Waals surface area (Å²) in [4.78, 5) is 116. The Hall–Kier alpha value is -11.9. The fourth-order valence-electron chi connectivity index (χ4n) is 8.97. The number of carboxylic acids is 1. The molecule has 3 heterocycles. The second kappa shape index (κ2) is 34.5. The lowest BCUT2D eigenvalue weighted by molar-refractivity contribution is -0.164. The lowest BCUT2D eigenvalue weighted by Gasteiger charge is -2.12. The molecule has 0 aliphatic carbocycles. The Labute approximate surface area is 523 Å². The summed E-state index contributed by atoms with van der Waals surface area (Å²) in [5, 5.41) is 29.4. The molecule has 0 unspecified atom stereocenters. The lowest BCUT2D eigenvalue weighted by atomic mass is 10.0. The molecule has 0 aliphatic heterocycles. The molecular formula is C72H65N3O16. The molecule has 91 heavy (non-hydrogen) atoms. The molecule has 0 fully saturated rings. The Kier molecular flexibility index (Phi) is 25.9. The van der Waals surface area contributed by atoms with Crippen LogP contribution in [0.15, 0.2) is 246 Å². The monoisotopic (exact) mass is 1230 g/mol. The predicted molar refractivity (Wildman–Crippen MR) is 341 cm³/mol. The van der Waals surface area contributed by atoms with Crippen molar-refractivity contribution in [2.45, 2.75) is 45.8 Å². The molecule has 0 bridgehead atoms. The SMILES string of the molecule is CC(=O)c1cn(Cc2ccccc2)cc(Cc2ccccc2)c1=O.COC(=O)C(=O)C=C(O)c1cn(Cc2ccccc2)cc(Cc2ccccc2)c1=O.COC(=O)C(=O)OC.O=C(O)C(=O)C=C(O)c1cn(Cc2ccccc2)cc(Cc2ccccc2)c1=O. The third-order valence-electron chi connectivity index (χ3n) is 13.4. The average Bonchev–Trinajstić information content (AvgIpc) is 1.11. The van der Waals surface area contributed by atoms with E-state index < -0.39 is 57.8 Å². The molecular weight excluding hydrogens is 1160 g/mol. The molecule has 9 rings (SSSR count). The Balaban J connectivity index is 0.000000205. The van der Waals surface area contributed by atoms with E-state index >= 15 is 0 Å². The highest BCUT2D eigenvalue weighted by molar-refractivity contribution is 6.39. The average molecular weight is 1230 g/mol. The molecule has 0 amide bonds. The summed E-state index contributed by atoms with van der Waals surface area (Å²) in [5.41, 5.74) is 6.59. The maximum Gasteiger partial charge on any atom is 0.417 e. The molecule has 3 aromatic heterocycles. The molecule has 19 nitrogen and oxygen atoms in total. The van der Waals surface area contributed by atoms with Gasteiger partial charge in [-0.2, -0.15) is 0 Å². The first kappa shape index (κ1) is 68.3. The van der Waals surface area contributed by atoms with E-state index in [9.17, 15) is 58.2 Å². The fourth-order valence-corrected chi connectivity index (χ4v) is 8.97. The van der Waals surface area contributed by atoms with Crippen LogP contribution in [0.3, 0.4) is 0 Å². The van der Waals surface area contributed by atoms with Crippen LogP contribution in [0, 0.1) is 0 Å². The summed E-state index contributed by atoms with van der Waals surface area (Å²) in [6.45, 7) is 2.98. The van der Waals surface area contributed by atoms with Gasteiger partial charge in [0.2, 0.25) is 0 Å². The number of ketones is 3. The molecule has 0 saturated heterocycles. The van der Waals surface area contributed by atoms with E-state index in [0.29, 0.717) is 67.7 Å². The molecule has 0 saturated carbocycles. The van der Waals surface area contributed by atoms with Gasteiger partial charge in [0, 0.05) is 105 Å².